The third-order valence-corrected chi connectivity index (χ3v) is 6.15. The molecule has 4 atom stereocenters. The Hall–Kier alpha value is -2.35. The molecule has 1 saturated heterocycles. The molecule has 2 rings (SSSR count). The van der Waals surface area contributed by atoms with Crippen molar-refractivity contribution in [2.24, 2.45) is 0 Å². The topological polar surface area (TPSA) is 177 Å². The number of ether oxygens (including phenoxy) is 4. The van der Waals surface area contributed by atoms with E-state index < -0.39 is 62.7 Å². The van der Waals surface area contributed by atoms with Gasteiger partial charge < -0.3 is 18.9 Å². The minimum Gasteiger partial charge on any atom is -0.462 e. The van der Waals surface area contributed by atoms with Crippen LogP contribution >= 0.6 is 8.09 Å². The normalized spacial score (nSPS) is 20.5. The Morgan fingerprint density at radius 1 is 1.17 bits per heavy atom. The fraction of sp³-hybridized carbons (Fsp3) is 0.700. The van der Waals surface area contributed by atoms with Crippen LogP contribution in [0.3, 0.4) is 0 Å². The molecule has 0 saturated carbocycles. The first-order valence-corrected chi connectivity index (χ1v) is 12.7. The van der Waals surface area contributed by atoms with E-state index >= 15 is 0 Å². The van der Waals surface area contributed by atoms with Crippen LogP contribution < -0.4 is 16.3 Å². The highest BCUT2D eigenvalue weighted by atomic mass is 31.2. The molecule has 2 unspecified atom stereocenters. The molecule has 0 bridgehead atoms. The third kappa shape index (κ3) is 9.67. The molecule has 0 radical (unpaired) electrons. The molecule has 35 heavy (non-hydrogen) atoms. The van der Waals surface area contributed by atoms with E-state index in [1.165, 1.54) is 23.8 Å². The van der Waals surface area contributed by atoms with Crippen molar-refractivity contribution in [2.45, 2.75) is 78.0 Å². The quantitative estimate of drug-likeness (QED) is 0.204. The lowest BCUT2D eigenvalue weighted by Gasteiger charge is -2.22. The number of H-pyrrole nitrogens is 1. The van der Waals surface area contributed by atoms with E-state index in [4.69, 9.17) is 28.0 Å². The van der Waals surface area contributed by atoms with Gasteiger partial charge in [0.15, 0.2) is 0 Å². The highest BCUT2D eigenvalue weighted by Crippen LogP contribution is 2.53. The second-order valence-electron chi connectivity index (χ2n) is 8.27. The minimum atomic E-state index is -3.95. The largest absolute Gasteiger partial charge is 0.510 e. The summed E-state index contributed by atoms with van der Waals surface area (Å²) >= 11 is 0. The molecular weight excluding hydrogens is 489 g/mol. The van der Waals surface area contributed by atoms with Gasteiger partial charge in [0.1, 0.15) is 18.9 Å². The van der Waals surface area contributed by atoms with Crippen LogP contribution in [0.1, 0.15) is 53.7 Å². The Morgan fingerprint density at radius 2 is 1.86 bits per heavy atom. The zero-order valence-electron chi connectivity index (χ0n) is 20.3. The van der Waals surface area contributed by atoms with Crippen molar-refractivity contribution in [2.75, 3.05) is 13.4 Å². The molecule has 198 valence electrons. The first-order valence-electron chi connectivity index (χ1n) is 11.1. The van der Waals surface area contributed by atoms with Gasteiger partial charge in [0.05, 0.1) is 18.3 Å². The molecule has 3 N–H and O–H groups in total. The lowest BCUT2D eigenvalue weighted by molar-refractivity contribution is -0.149. The monoisotopic (exact) mass is 522 g/mol. The SMILES string of the molecule is CC(C)OC(=O)OCO[P+](O)(N[C@@H](C)C(=O)OC(C)C)OCC1CC[C@H](n2ccc(=O)[nH]c2=O)O1. The van der Waals surface area contributed by atoms with Crippen LogP contribution in [0.2, 0.25) is 0 Å². The summed E-state index contributed by atoms with van der Waals surface area (Å²) in [6.07, 6.45) is -0.730. The predicted octanol–water partition coefficient (Wildman–Crippen LogP) is 1.37. The zero-order valence-corrected chi connectivity index (χ0v) is 21.2. The van der Waals surface area contributed by atoms with Crippen molar-refractivity contribution in [3.05, 3.63) is 33.1 Å². The van der Waals surface area contributed by atoms with Crippen LogP contribution in [0.4, 0.5) is 4.79 Å². The van der Waals surface area contributed by atoms with E-state index in [0.29, 0.717) is 12.8 Å². The average molecular weight is 522 g/mol. The lowest BCUT2D eigenvalue weighted by Crippen LogP contribution is -2.38. The highest BCUT2D eigenvalue weighted by Gasteiger charge is 2.47. The molecule has 0 amide bonds. The van der Waals surface area contributed by atoms with Gasteiger partial charge in [-0.3, -0.25) is 19.1 Å². The highest BCUT2D eigenvalue weighted by molar-refractivity contribution is 7.58. The second kappa shape index (κ2) is 13.1. The van der Waals surface area contributed by atoms with Gasteiger partial charge in [-0.05, 0) is 47.5 Å². The van der Waals surface area contributed by atoms with Gasteiger partial charge in [0.25, 0.3) is 5.56 Å². The van der Waals surface area contributed by atoms with Gasteiger partial charge in [0, 0.05) is 12.3 Å². The first kappa shape index (κ1) is 28.9. The Bertz CT molecular complexity index is 966. The van der Waals surface area contributed by atoms with E-state index in [2.05, 4.69) is 10.1 Å². The lowest BCUT2D eigenvalue weighted by atomic mass is 10.2. The Morgan fingerprint density at radius 3 is 2.49 bits per heavy atom. The maximum atomic E-state index is 12.2. The minimum absolute atomic E-state index is 0.172. The van der Waals surface area contributed by atoms with E-state index in [-0.39, 0.29) is 12.7 Å². The molecule has 2 heterocycles. The van der Waals surface area contributed by atoms with Crippen LogP contribution in [0.25, 0.3) is 0 Å². The maximum Gasteiger partial charge on any atom is 0.510 e. The molecule has 1 aliphatic heterocycles. The van der Waals surface area contributed by atoms with Crippen LogP contribution in [-0.2, 0) is 32.8 Å². The van der Waals surface area contributed by atoms with Gasteiger partial charge in [-0.15, -0.1) is 9.61 Å². The molecule has 0 spiro atoms. The Kier molecular flexibility index (Phi) is 10.8. The summed E-state index contributed by atoms with van der Waals surface area (Å²) in [7, 11) is -3.95. The van der Waals surface area contributed by atoms with Gasteiger partial charge in [-0.25, -0.2) is 9.59 Å². The van der Waals surface area contributed by atoms with Crippen molar-refractivity contribution in [1.29, 1.82) is 0 Å². The number of nitrogens with zero attached hydrogens (tertiary/aromatic N) is 1. The number of esters is 1. The van der Waals surface area contributed by atoms with Gasteiger partial charge >= 0.3 is 25.9 Å². The number of carbonyl (C=O) groups is 2. The van der Waals surface area contributed by atoms with E-state index in [1.54, 1.807) is 27.7 Å². The summed E-state index contributed by atoms with van der Waals surface area (Å²) < 4.78 is 32.6. The van der Waals surface area contributed by atoms with Gasteiger partial charge in [-0.2, -0.15) is 9.42 Å². The van der Waals surface area contributed by atoms with Gasteiger partial charge in [-0.1, -0.05) is 0 Å². The van der Waals surface area contributed by atoms with Crippen LogP contribution in [0.15, 0.2) is 21.9 Å². The van der Waals surface area contributed by atoms with Crippen molar-refractivity contribution in [3.8, 4) is 0 Å². The number of hydrogen-bond donors (Lipinski definition) is 3. The summed E-state index contributed by atoms with van der Waals surface area (Å²) in [5.41, 5.74) is -1.13. The molecule has 0 aliphatic carbocycles. The standard InChI is InChI=1S/C20H32N3O11P/c1-12(2)32-18(25)14(5)22-35(28,31-11-29-20(27)33-13(3)4)30-10-15-6-7-17(34-15)23-9-8-16(24)21-19(23)26/h8-9,12-15,17,22,28H,6-7,10-11H2,1-5H3/p+1/t14-,15?,17+,35?/m0/s1. The number of rotatable bonds is 12. The van der Waals surface area contributed by atoms with Gasteiger partial charge in [0.2, 0.25) is 6.79 Å². The van der Waals surface area contributed by atoms with Crippen LogP contribution in [0.5, 0.6) is 0 Å². The summed E-state index contributed by atoms with van der Waals surface area (Å²) in [6.45, 7) is 7.18. The van der Waals surface area contributed by atoms with Crippen LogP contribution in [0, 0.1) is 0 Å². The molecule has 15 heteroatoms. The summed E-state index contributed by atoms with van der Waals surface area (Å²) in [5, 5.41) is 2.56. The van der Waals surface area contributed by atoms with E-state index in [1.807, 2.05) is 0 Å². The number of aromatic amines is 1. The summed E-state index contributed by atoms with van der Waals surface area (Å²) in [5.74, 6) is -0.652. The number of nitrogens with one attached hydrogen (secondary N) is 2. The molecule has 1 fully saturated rings. The maximum absolute atomic E-state index is 12.2. The van der Waals surface area contributed by atoms with E-state index in [9.17, 15) is 24.1 Å². The Balaban J connectivity index is 1.99. The fourth-order valence-electron chi connectivity index (χ4n) is 2.97. The average Bonchev–Trinajstić information content (AvgIpc) is 3.20. The molecule has 14 nitrogen and oxygen atoms in total. The molecule has 1 aromatic heterocycles. The number of aromatic nitrogens is 2. The first-order chi connectivity index (χ1) is 16.4. The molecular formula is C20H33N3O11P+. The summed E-state index contributed by atoms with van der Waals surface area (Å²) in [6, 6.07) is 0.189. The van der Waals surface area contributed by atoms with Crippen LogP contribution in [-0.4, -0.2) is 64.3 Å². The molecule has 1 aliphatic rings. The zero-order chi connectivity index (χ0) is 26.2. The van der Waals surface area contributed by atoms with Crippen molar-refractivity contribution in [3.63, 3.8) is 0 Å². The molecule has 0 aromatic carbocycles. The Labute approximate surface area is 202 Å². The van der Waals surface area contributed by atoms with Crippen molar-refractivity contribution in [1.82, 2.24) is 14.6 Å². The van der Waals surface area contributed by atoms with Crippen molar-refractivity contribution >= 4 is 20.2 Å². The smallest absolute Gasteiger partial charge is 0.462 e. The third-order valence-electron chi connectivity index (χ3n) is 4.48. The second-order valence-corrected chi connectivity index (χ2v) is 10.1. The predicted molar refractivity (Wildman–Crippen MR) is 122 cm³/mol. The molecule has 1 aromatic rings. The fourth-order valence-corrected chi connectivity index (χ4v) is 4.35. The number of carbonyl (C=O) groups excluding carboxylic acids is 2. The summed E-state index contributed by atoms with van der Waals surface area (Å²) in [4.78, 5) is 60.1. The van der Waals surface area contributed by atoms with Crippen molar-refractivity contribution < 1.29 is 42.5 Å². The number of hydrogen-bond acceptors (Lipinski definition) is 12. The van der Waals surface area contributed by atoms with E-state index in [0.717, 1.165) is 0 Å².